The topological polar surface area (TPSA) is 98.7 Å². The third kappa shape index (κ3) is 3.47. The van der Waals surface area contributed by atoms with Gasteiger partial charge < -0.3 is 20.6 Å². The molecule has 3 heterocycles. The number of nitrogens with one attached hydrogen (secondary N) is 2. The molecule has 28 heavy (non-hydrogen) atoms. The molecule has 0 aromatic heterocycles. The van der Waals surface area contributed by atoms with E-state index in [0.29, 0.717) is 19.4 Å². The van der Waals surface area contributed by atoms with Crippen LogP contribution in [0.4, 0.5) is 0 Å². The zero-order valence-corrected chi connectivity index (χ0v) is 19.0. The average molecular weight is 476 g/mol. The van der Waals surface area contributed by atoms with Gasteiger partial charge in [0.1, 0.15) is 6.04 Å². The molecule has 3 N–H and O–H groups in total. The predicted octanol–water partition coefficient (Wildman–Crippen LogP) is 0.884. The summed E-state index contributed by atoms with van der Waals surface area (Å²) in [5.41, 5.74) is 0. The van der Waals surface area contributed by atoms with E-state index in [0.717, 1.165) is 12.8 Å². The lowest BCUT2D eigenvalue weighted by molar-refractivity contribution is -0.140. The molecule has 3 fully saturated rings. The van der Waals surface area contributed by atoms with Gasteiger partial charge in [0, 0.05) is 36.3 Å². The molecule has 158 valence electrons. The van der Waals surface area contributed by atoms with Crippen LogP contribution in [0.25, 0.3) is 0 Å². The number of amides is 3. The summed E-state index contributed by atoms with van der Waals surface area (Å²) in [5.74, 6) is -1.20. The molecule has 0 aliphatic carbocycles. The number of carbonyl (C=O) groups is 3. The maximum atomic E-state index is 13.5. The Morgan fingerprint density at radius 1 is 1.32 bits per heavy atom. The Morgan fingerprint density at radius 3 is 2.64 bits per heavy atom. The van der Waals surface area contributed by atoms with Crippen LogP contribution in [0.3, 0.4) is 0 Å². The minimum absolute atomic E-state index is 0.000195. The second-order valence-corrected chi connectivity index (χ2v) is 11.0. The molecule has 3 aliphatic heterocycles. The summed E-state index contributed by atoms with van der Waals surface area (Å²) in [6.07, 6.45) is 2.92. The van der Waals surface area contributed by atoms with Crippen LogP contribution in [0.1, 0.15) is 39.5 Å². The fraction of sp³-hybridized carbons (Fsp3) is 0.842. The molecule has 3 unspecified atom stereocenters. The Morgan fingerprint density at radius 2 is 2.04 bits per heavy atom. The lowest BCUT2D eigenvalue weighted by Crippen LogP contribution is -2.55. The maximum absolute atomic E-state index is 13.5. The highest BCUT2D eigenvalue weighted by molar-refractivity contribution is 9.09. The number of alkyl halides is 1. The molecule has 9 heteroatoms. The van der Waals surface area contributed by atoms with Gasteiger partial charge in [-0.05, 0) is 39.5 Å². The molecule has 3 amide bonds. The summed E-state index contributed by atoms with van der Waals surface area (Å²) in [6.45, 7) is 4.43. The molecule has 2 bridgehead atoms. The first-order valence-electron chi connectivity index (χ1n) is 10.0. The third-order valence-electron chi connectivity index (χ3n) is 6.07. The van der Waals surface area contributed by atoms with Gasteiger partial charge in [-0.15, -0.1) is 11.8 Å². The number of hydrogen-bond donors (Lipinski definition) is 3. The molecule has 0 aromatic rings. The highest BCUT2D eigenvalue weighted by Gasteiger charge is 2.75. The minimum Gasteiger partial charge on any atom is -0.396 e. The third-order valence-corrected chi connectivity index (χ3v) is 9.29. The van der Waals surface area contributed by atoms with Gasteiger partial charge in [0.2, 0.25) is 17.7 Å². The maximum Gasteiger partial charge on any atom is 0.244 e. The number of likely N-dealkylation sites (tertiary alicyclic amines) is 1. The Bertz CT molecular complexity index is 649. The molecule has 3 rings (SSSR count). The van der Waals surface area contributed by atoms with Crippen LogP contribution in [0.5, 0.6) is 0 Å². The number of thioether (sulfide) groups is 1. The SMILES string of the molecule is CNC(=O)[C@H]1[C@H]2C(=O)N(CCCCCO)C(C(=O)NC(C)C)C23CC(Br)[C@@H]1S3. The first-order chi connectivity index (χ1) is 13.3. The molecular weight excluding hydrogens is 446 g/mol. The highest BCUT2D eigenvalue weighted by Crippen LogP contribution is 2.67. The number of rotatable bonds is 8. The first-order valence-corrected chi connectivity index (χ1v) is 11.8. The summed E-state index contributed by atoms with van der Waals surface area (Å²) in [4.78, 5) is 41.1. The van der Waals surface area contributed by atoms with Crippen LogP contribution in [-0.2, 0) is 14.4 Å². The van der Waals surface area contributed by atoms with Crippen molar-refractivity contribution in [2.24, 2.45) is 11.8 Å². The van der Waals surface area contributed by atoms with Crippen molar-refractivity contribution in [3.05, 3.63) is 0 Å². The average Bonchev–Trinajstić information content (AvgIpc) is 3.21. The first kappa shape index (κ1) is 21.9. The van der Waals surface area contributed by atoms with Crippen LogP contribution < -0.4 is 10.6 Å². The Hall–Kier alpha value is -0.800. The van der Waals surface area contributed by atoms with E-state index in [-0.39, 0.29) is 40.4 Å². The van der Waals surface area contributed by atoms with Crippen LogP contribution in [0.15, 0.2) is 0 Å². The molecule has 3 saturated heterocycles. The van der Waals surface area contributed by atoms with Gasteiger partial charge in [0.25, 0.3) is 0 Å². The van der Waals surface area contributed by atoms with E-state index in [9.17, 15) is 14.4 Å². The molecule has 0 aromatic carbocycles. The van der Waals surface area contributed by atoms with Gasteiger partial charge in [0.05, 0.1) is 16.6 Å². The lowest BCUT2D eigenvalue weighted by Gasteiger charge is -2.35. The van der Waals surface area contributed by atoms with Crippen molar-refractivity contribution in [3.8, 4) is 0 Å². The summed E-state index contributed by atoms with van der Waals surface area (Å²) in [6, 6.07) is -0.585. The molecule has 0 radical (unpaired) electrons. The van der Waals surface area contributed by atoms with E-state index < -0.39 is 22.6 Å². The van der Waals surface area contributed by atoms with Gasteiger partial charge in [-0.3, -0.25) is 14.4 Å². The second kappa shape index (κ2) is 8.52. The van der Waals surface area contributed by atoms with Crippen molar-refractivity contribution in [3.63, 3.8) is 0 Å². The number of aliphatic hydroxyl groups excluding tert-OH is 1. The number of hydrogen-bond acceptors (Lipinski definition) is 5. The number of nitrogens with zero attached hydrogens (tertiary/aromatic N) is 1. The van der Waals surface area contributed by atoms with Crippen molar-refractivity contribution in [1.29, 1.82) is 0 Å². The molecule has 0 saturated carbocycles. The molecule has 3 aliphatic rings. The van der Waals surface area contributed by atoms with Crippen LogP contribution >= 0.6 is 27.7 Å². The molecule has 1 spiro atoms. The number of unbranched alkanes of at least 4 members (excludes halogenated alkanes) is 2. The van der Waals surface area contributed by atoms with E-state index in [2.05, 4.69) is 26.6 Å². The fourth-order valence-electron chi connectivity index (χ4n) is 5.07. The quantitative estimate of drug-likeness (QED) is 0.357. The van der Waals surface area contributed by atoms with Gasteiger partial charge in [-0.1, -0.05) is 15.9 Å². The van der Waals surface area contributed by atoms with Gasteiger partial charge in [-0.25, -0.2) is 0 Å². The van der Waals surface area contributed by atoms with Crippen LogP contribution in [0, 0.1) is 11.8 Å². The van der Waals surface area contributed by atoms with Crippen LogP contribution in [0.2, 0.25) is 0 Å². The van der Waals surface area contributed by atoms with Gasteiger partial charge in [-0.2, -0.15) is 0 Å². The van der Waals surface area contributed by atoms with E-state index in [1.165, 1.54) is 0 Å². The lowest BCUT2D eigenvalue weighted by atomic mass is 9.70. The van der Waals surface area contributed by atoms with E-state index in [4.69, 9.17) is 5.11 Å². The fourth-order valence-corrected chi connectivity index (χ4v) is 8.68. The molecular formula is C19H30BrN3O4S. The largest absolute Gasteiger partial charge is 0.396 e. The normalized spacial score (nSPS) is 36.1. The number of halogens is 1. The van der Waals surface area contributed by atoms with E-state index in [1.807, 2.05) is 13.8 Å². The van der Waals surface area contributed by atoms with Gasteiger partial charge >= 0.3 is 0 Å². The number of carbonyl (C=O) groups excluding carboxylic acids is 3. The molecule has 6 atom stereocenters. The standard InChI is InChI=1S/C19H30BrN3O4S/c1-10(2)22-17(26)15-19-9-11(20)14(28-19)12(16(25)21-3)13(19)18(27)23(15)7-5-4-6-8-24/h10-15,24H,4-9H2,1-3H3,(H,21,25)(H,22,26)/t11?,12-,13-,14-,15?,19?/m0/s1. The van der Waals surface area contributed by atoms with E-state index >= 15 is 0 Å². The zero-order valence-electron chi connectivity index (χ0n) is 16.6. The summed E-state index contributed by atoms with van der Waals surface area (Å²) in [5, 5.41) is 14.7. The Labute approximate surface area is 178 Å². The van der Waals surface area contributed by atoms with Crippen molar-refractivity contribution in [1.82, 2.24) is 15.5 Å². The highest BCUT2D eigenvalue weighted by atomic mass is 79.9. The zero-order chi connectivity index (χ0) is 20.6. The van der Waals surface area contributed by atoms with Crippen molar-refractivity contribution >= 4 is 45.4 Å². The Balaban J connectivity index is 1.94. The number of aliphatic hydroxyl groups is 1. The predicted molar refractivity (Wildman–Crippen MR) is 112 cm³/mol. The Kier molecular flexibility index (Phi) is 6.66. The van der Waals surface area contributed by atoms with Crippen molar-refractivity contribution in [2.45, 2.75) is 66.4 Å². The minimum atomic E-state index is -0.566. The van der Waals surface area contributed by atoms with Crippen molar-refractivity contribution < 1.29 is 19.5 Å². The number of fused-ring (bicyclic) bond motifs is 1. The second-order valence-electron chi connectivity index (χ2n) is 8.26. The smallest absolute Gasteiger partial charge is 0.244 e. The van der Waals surface area contributed by atoms with E-state index in [1.54, 1.807) is 23.7 Å². The summed E-state index contributed by atoms with van der Waals surface area (Å²) >= 11 is 5.37. The summed E-state index contributed by atoms with van der Waals surface area (Å²) < 4.78 is -0.566. The molecule has 7 nitrogen and oxygen atoms in total. The monoisotopic (exact) mass is 475 g/mol. The van der Waals surface area contributed by atoms with Crippen molar-refractivity contribution in [2.75, 3.05) is 20.2 Å². The van der Waals surface area contributed by atoms with Gasteiger partial charge in [0.15, 0.2) is 0 Å². The van der Waals surface area contributed by atoms with Crippen LogP contribution in [-0.4, -0.2) is 74.8 Å². The summed E-state index contributed by atoms with van der Waals surface area (Å²) in [7, 11) is 1.60.